The van der Waals surface area contributed by atoms with Crippen molar-refractivity contribution >= 4 is 6.03 Å². The lowest BCUT2D eigenvalue weighted by atomic mass is 9.94. The van der Waals surface area contributed by atoms with E-state index in [1.54, 1.807) is 0 Å². The molecule has 1 saturated carbocycles. The van der Waals surface area contributed by atoms with E-state index in [-0.39, 0.29) is 6.03 Å². The Bertz CT molecular complexity index is 275. The number of carbonyl (C=O) groups excluding carboxylic acids is 1. The summed E-state index contributed by atoms with van der Waals surface area (Å²) in [6.45, 7) is 3.69. The van der Waals surface area contributed by atoms with Gasteiger partial charge in [-0.05, 0) is 12.8 Å². The highest BCUT2D eigenvalue weighted by Gasteiger charge is 2.27. The van der Waals surface area contributed by atoms with E-state index in [0.29, 0.717) is 6.54 Å². The number of hydrogen-bond donors (Lipinski definition) is 3. The molecule has 5 nitrogen and oxygen atoms in total. The Balaban J connectivity index is 1.63. The van der Waals surface area contributed by atoms with Gasteiger partial charge >= 0.3 is 6.03 Å². The standard InChI is InChI=1S/C13H25N3O2/c17-12-15-8-10-16(12)9-7-14-11-13(18)5-3-1-2-4-6-13/h14,18H,1-11H2,(H,15,17). The van der Waals surface area contributed by atoms with E-state index < -0.39 is 5.60 Å². The van der Waals surface area contributed by atoms with Gasteiger partial charge in [0, 0.05) is 32.7 Å². The van der Waals surface area contributed by atoms with Crippen molar-refractivity contribution in [3.8, 4) is 0 Å². The number of aliphatic hydroxyl groups is 1. The highest BCUT2D eigenvalue weighted by Crippen LogP contribution is 2.26. The van der Waals surface area contributed by atoms with Crippen LogP contribution in [0.1, 0.15) is 38.5 Å². The van der Waals surface area contributed by atoms with Gasteiger partial charge in [0.15, 0.2) is 0 Å². The zero-order valence-corrected chi connectivity index (χ0v) is 11.1. The van der Waals surface area contributed by atoms with Crippen molar-refractivity contribution in [3.63, 3.8) is 0 Å². The van der Waals surface area contributed by atoms with Gasteiger partial charge in [-0.25, -0.2) is 4.79 Å². The zero-order chi connectivity index (χ0) is 12.8. The molecule has 1 saturated heterocycles. The van der Waals surface area contributed by atoms with Crippen LogP contribution in [0.5, 0.6) is 0 Å². The molecular formula is C13H25N3O2. The summed E-state index contributed by atoms with van der Waals surface area (Å²) in [7, 11) is 0. The van der Waals surface area contributed by atoms with Crippen LogP contribution in [0, 0.1) is 0 Å². The van der Waals surface area contributed by atoms with Gasteiger partial charge in [-0.15, -0.1) is 0 Å². The predicted molar refractivity (Wildman–Crippen MR) is 70.5 cm³/mol. The van der Waals surface area contributed by atoms with Crippen LogP contribution in [0.25, 0.3) is 0 Å². The minimum absolute atomic E-state index is 0.0324. The fraction of sp³-hybridized carbons (Fsp3) is 0.923. The van der Waals surface area contributed by atoms with Gasteiger partial charge in [-0.3, -0.25) is 0 Å². The van der Waals surface area contributed by atoms with E-state index in [4.69, 9.17) is 0 Å². The Morgan fingerprint density at radius 1 is 1.28 bits per heavy atom. The summed E-state index contributed by atoms with van der Waals surface area (Å²) >= 11 is 0. The zero-order valence-electron chi connectivity index (χ0n) is 11.1. The first kappa shape index (κ1) is 13.6. The van der Waals surface area contributed by atoms with Crippen LogP contribution < -0.4 is 10.6 Å². The lowest BCUT2D eigenvalue weighted by Crippen LogP contribution is -2.43. The fourth-order valence-electron chi connectivity index (χ4n) is 2.82. The Morgan fingerprint density at radius 2 is 2.00 bits per heavy atom. The van der Waals surface area contributed by atoms with Crippen LogP contribution >= 0.6 is 0 Å². The van der Waals surface area contributed by atoms with Crippen LogP contribution in [0.15, 0.2) is 0 Å². The van der Waals surface area contributed by atoms with Crippen molar-refractivity contribution in [2.24, 2.45) is 0 Å². The monoisotopic (exact) mass is 255 g/mol. The minimum atomic E-state index is -0.524. The van der Waals surface area contributed by atoms with Crippen LogP contribution in [0.4, 0.5) is 4.79 Å². The molecule has 3 N–H and O–H groups in total. The van der Waals surface area contributed by atoms with E-state index in [2.05, 4.69) is 10.6 Å². The molecule has 0 radical (unpaired) electrons. The van der Waals surface area contributed by atoms with E-state index in [9.17, 15) is 9.90 Å². The van der Waals surface area contributed by atoms with E-state index in [1.165, 1.54) is 12.8 Å². The normalized spacial score (nSPS) is 23.8. The maximum Gasteiger partial charge on any atom is 0.317 e. The van der Waals surface area contributed by atoms with Crippen molar-refractivity contribution in [3.05, 3.63) is 0 Å². The number of hydrogen-bond acceptors (Lipinski definition) is 3. The second-order valence-corrected chi connectivity index (χ2v) is 5.53. The van der Waals surface area contributed by atoms with Gasteiger partial charge in [0.2, 0.25) is 0 Å². The molecule has 0 bridgehead atoms. The molecule has 18 heavy (non-hydrogen) atoms. The molecule has 104 valence electrons. The number of nitrogens with one attached hydrogen (secondary N) is 2. The molecule has 0 unspecified atom stereocenters. The quantitative estimate of drug-likeness (QED) is 0.500. The Morgan fingerprint density at radius 3 is 2.61 bits per heavy atom. The molecule has 1 aliphatic carbocycles. The second kappa shape index (κ2) is 6.38. The molecular weight excluding hydrogens is 230 g/mol. The molecule has 0 aromatic rings. The van der Waals surface area contributed by atoms with Crippen molar-refractivity contribution in [1.29, 1.82) is 0 Å². The van der Waals surface area contributed by atoms with Crippen LogP contribution in [0.2, 0.25) is 0 Å². The highest BCUT2D eigenvalue weighted by molar-refractivity contribution is 5.76. The van der Waals surface area contributed by atoms with Crippen molar-refractivity contribution in [2.45, 2.75) is 44.1 Å². The molecule has 0 aromatic heterocycles. The molecule has 0 aromatic carbocycles. The maximum absolute atomic E-state index is 11.3. The molecule has 2 rings (SSSR count). The van der Waals surface area contributed by atoms with Crippen LogP contribution in [-0.4, -0.2) is 54.4 Å². The Labute approximate surface area is 109 Å². The van der Waals surface area contributed by atoms with Gasteiger partial charge in [0.05, 0.1) is 5.60 Å². The summed E-state index contributed by atoms with van der Waals surface area (Å²) in [6, 6.07) is 0.0324. The molecule has 2 amide bonds. The first-order valence-electron chi connectivity index (χ1n) is 7.16. The van der Waals surface area contributed by atoms with Gasteiger partial charge in [0.1, 0.15) is 0 Å². The van der Waals surface area contributed by atoms with Crippen molar-refractivity contribution in [2.75, 3.05) is 32.7 Å². The Hall–Kier alpha value is -0.810. The molecule has 2 aliphatic rings. The summed E-state index contributed by atoms with van der Waals surface area (Å²) in [6.07, 6.45) is 6.57. The summed E-state index contributed by atoms with van der Waals surface area (Å²) < 4.78 is 0. The Kier molecular flexibility index (Phi) is 4.83. The SMILES string of the molecule is O=C1NCCN1CCNCC1(O)CCCCCC1. The summed E-state index contributed by atoms with van der Waals surface area (Å²) in [5, 5.41) is 16.5. The molecule has 2 fully saturated rings. The first-order chi connectivity index (χ1) is 8.70. The van der Waals surface area contributed by atoms with Gasteiger partial charge in [-0.2, -0.15) is 0 Å². The molecule has 1 heterocycles. The van der Waals surface area contributed by atoms with E-state index in [0.717, 1.165) is 51.9 Å². The largest absolute Gasteiger partial charge is 0.389 e. The molecule has 0 spiro atoms. The average Bonchev–Trinajstić information content (AvgIpc) is 2.62. The first-order valence-corrected chi connectivity index (χ1v) is 7.16. The average molecular weight is 255 g/mol. The highest BCUT2D eigenvalue weighted by atomic mass is 16.3. The van der Waals surface area contributed by atoms with Gasteiger partial charge < -0.3 is 20.6 Å². The minimum Gasteiger partial charge on any atom is -0.389 e. The molecule has 1 aliphatic heterocycles. The number of amides is 2. The topological polar surface area (TPSA) is 64.6 Å². The number of carbonyl (C=O) groups is 1. The third kappa shape index (κ3) is 3.85. The number of nitrogens with zero attached hydrogens (tertiary/aromatic N) is 1. The molecule has 5 heteroatoms. The predicted octanol–water partition coefficient (Wildman–Crippen LogP) is 0.686. The smallest absolute Gasteiger partial charge is 0.317 e. The maximum atomic E-state index is 11.3. The number of rotatable bonds is 5. The van der Waals surface area contributed by atoms with E-state index >= 15 is 0 Å². The lowest BCUT2D eigenvalue weighted by Gasteiger charge is -2.27. The third-order valence-electron chi connectivity index (χ3n) is 3.99. The number of urea groups is 1. The third-order valence-corrected chi connectivity index (χ3v) is 3.99. The fourth-order valence-corrected chi connectivity index (χ4v) is 2.82. The summed E-state index contributed by atoms with van der Waals surface area (Å²) in [5.41, 5.74) is -0.524. The van der Waals surface area contributed by atoms with Gasteiger partial charge in [-0.1, -0.05) is 25.7 Å². The van der Waals surface area contributed by atoms with Crippen LogP contribution in [0.3, 0.4) is 0 Å². The molecule has 0 atom stereocenters. The second-order valence-electron chi connectivity index (χ2n) is 5.53. The van der Waals surface area contributed by atoms with Crippen molar-refractivity contribution in [1.82, 2.24) is 15.5 Å². The summed E-state index contributed by atoms with van der Waals surface area (Å²) in [5.74, 6) is 0. The lowest BCUT2D eigenvalue weighted by molar-refractivity contribution is 0.0253. The van der Waals surface area contributed by atoms with Gasteiger partial charge in [0.25, 0.3) is 0 Å². The summed E-state index contributed by atoms with van der Waals surface area (Å²) in [4.78, 5) is 13.1. The van der Waals surface area contributed by atoms with E-state index in [1.807, 2.05) is 4.90 Å². The van der Waals surface area contributed by atoms with Crippen LogP contribution in [-0.2, 0) is 0 Å². The van der Waals surface area contributed by atoms with Crippen molar-refractivity contribution < 1.29 is 9.90 Å².